The second-order valence-electron chi connectivity index (χ2n) is 4.80. The van der Waals surface area contributed by atoms with Crippen LogP contribution in [0.15, 0.2) is 59.7 Å². The summed E-state index contributed by atoms with van der Waals surface area (Å²) in [7, 11) is 5.59. The lowest BCUT2D eigenvalue weighted by Crippen LogP contribution is -2.17. The number of hydroxylamine groups is 1. The van der Waals surface area contributed by atoms with Gasteiger partial charge in [-0.1, -0.05) is 41.9 Å². The molecule has 0 aliphatic carbocycles. The summed E-state index contributed by atoms with van der Waals surface area (Å²) < 4.78 is 0. The molecule has 0 atom stereocenters. The van der Waals surface area contributed by atoms with Crippen molar-refractivity contribution in [3.05, 3.63) is 71.3 Å². The van der Waals surface area contributed by atoms with E-state index >= 15 is 0 Å². The molecule has 7 heteroatoms. The number of hydrogen-bond acceptors (Lipinski definition) is 4. The van der Waals surface area contributed by atoms with Crippen molar-refractivity contribution in [2.24, 2.45) is 5.10 Å². The van der Waals surface area contributed by atoms with Crippen LogP contribution in [-0.2, 0) is 4.79 Å². The third-order valence-corrected chi connectivity index (χ3v) is 3.00. The van der Waals surface area contributed by atoms with Gasteiger partial charge in [0.2, 0.25) is 0 Å². The van der Waals surface area contributed by atoms with Crippen LogP contribution in [0.1, 0.15) is 21.5 Å². The Kier molecular flexibility index (Phi) is 6.05. The van der Waals surface area contributed by atoms with Gasteiger partial charge in [-0.25, -0.2) is 10.9 Å². The first kappa shape index (κ1) is 17.2. The van der Waals surface area contributed by atoms with E-state index in [1.807, 2.05) is 0 Å². The van der Waals surface area contributed by atoms with Crippen LogP contribution in [0.25, 0.3) is 6.08 Å². The molecular formula is C17H14BN3O3. The monoisotopic (exact) mass is 319 g/mol. The highest BCUT2D eigenvalue weighted by Gasteiger charge is 2.04. The predicted molar refractivity (Wildman–Crippen MR) is 92.3 cm³/mol. The molecule has 118 valence electrons. The van der Waals surface area contributed by atoms with Crippen molar-refractivity contribution in [3.8, 4) is 0 Å². The number of carbonyl (C=O) groups excluding carboxylic acids is 2. The zero-order chi connectivity index (χ0) is 17.4. The van der Waals surface area contributed by atoms with Crippen LogP contribution in [0.2, 0.25) is 0 Å². The van der Waals surface area contributed by atoms with Gasteiger partial charge in [0, 0.05) is 11.6 Å². The van der Waals surface area contributed by atoms with E-state index in [-0.39, 0.29) is 5.91 Å². The van der Waals surface area contributed by atoms with E-state index in [1.165, 1.54) is 17.8 Å². The SMILES string of the molecule is [B]c1ccc(/C=N/NC(=O)c2cccc(/C=C/C(=O)NO)c2)cc1. The molecule has 3 N–H and O–H groups in total. The second-order valence-corrected chi connectivity index (χ2v) is 4.80. The van der Waals surface area contributed by atoms with E-state index in [0.717, 1.165) is 11.6 Å². The predicted octanol–water partition coefficient (Wildman–Crippen LogP) is 0.763. The van der Waals surface area contributed by atoms with E-state index in [1.54, 1.807) is 48.5 Å². The van der Waals surface area contributed by atoms with E-state index in [4.69, 9.17) is 13.1 Å². The lowest BCUT2D eigenvalue weighted by Gasteiger charge is -2.01. The summed E-state index contributed by atoms with van der Waals surface area (Å²) in [6.07, 6.45) is 4.13. The van der Waals surface area contributed by atoms with Gasteiger partial charge < -0.3 is 0 Å². The van der Waals surface area contributed by atoms with Crippen molar-refractivity contribution in [2.75, 3.05) is 0 Å². The maximum Gasteiger partial charge on any atom is 0.271 e. The molecule has 0 unspecified atom stereocenters. The molecule has 0 heterocycles. The van der Waals surface area contributed by atoms with Gasteiger partial charge in [0.1, 0.15) is 7.85 Å². The molecule has 0 aliphatic rings. The first-order valence-corrected chi connectivity index (χ1v) is 6.99. The Morgan fingerprint density at radius 2 is 1.83 bits per heavy atom. The van der Waals surface area contributed by atoms with E-state index < -0.39 is 5.91 Å². The highest BCUT2D eigenvalue weighted by atomic mass is 16.5. The molecule has 2 radical (unpaired) electrons. The molecule has 2 aromatic carbocycles. The molecule has 0 fully saturated rings. The van der Waals surface area contributed by atoms with Gasteiger partial charge in [-0.05, 0) is 29.3 Å². The van der Waals surface area contributed by atoms with E-state index in [0.29, 0.717) is 16.6 Å². The average Bonchev–Trinajstić information content (AvgIpc) is 2.61. The first-order chi connectivity index (χ1) is 11.6. The summed E-state index contributed by atoms with van der Waals surface area (Å²) in [5, 5.41) is 12.3. The minimum absolute atomic E-state index is 0.385. The van der Waals surface area contributed by atoms with Gasteiger partial charge in [0.05, 0.1) is 6.21 Å². The standard InChI is InChI=1S/C17H14BN3O3/c18-15-7-4-13(5-8-15)11-19-20-17(23)14-3-1-2-12(10-14)6-9-16(22)21-24/h1-11,24H,(H,20,23)(H,21,22)/b9-6+,19-11+. The van der Waals surface area contributed by atoms with Crippen molar-refractivity contribution in [1.82, 2.24) is 10.9 Å². The van der Waals surface area contributed by atoms with Gasteiger partial charge in [-0.3, -0.25) is 14.8 Å². The third kappa shape index (κ3) is 5.22. The van der Waals surface area contributed by atoms with Crippen LogP contribution < -0.4 is 16.4 Å². The largest absolute Gasteiger partial charge is 0.288 e. The third-order valence-electron chi connectivity index (χ3n) is 3.00. The van der Waals surface area contributed by atoms with E-state index in [2.05, 4.69) is 10.5 Å². The Morgan fingerprint density at radius 3 is 2.54 bits per heavy atom. The first-order valence-electron chi connectivity index (χ1n) is 6.99. The number of carbonyl (C=O) groups is 2. The molecule has 24 heavy (non-hydrogen) atoms. The smallest absolute Gasteiger partial charge is 0.271 e. The van der Waals surface area contributed by atoms with Crippen LogP contribution in [0.3, 0.4) is 0 Å². The van der Waals surface area contributed by atoms with Crippen molar-refractivity contribution in [2.45, 2.75) is 0 Å². The van der Waals surface area contributed by atoms with Gasteiger partial charge >= 0.3 is 0 Å². The molecule has 0 aromatic heterocycles. The molecular weight excluding hydrogens is 305 g/mol. The van der Waals surface area contributed by atoms with Crippen molar-refractivity contribution in [3.63, 3.8) is 0 Å². The molecule has 0 aliphatic heterocycles. The lowest BCUT2D eigenvalue weighted by molar-refractivity contribution is -0.124. The van der Waals surface area contributed by atoms with Crippen LogP contribution in [-0.4, -0.2) is 31.1 Å². The van der Waals surface area contributed by atoms with Crippen molar-refractivity contribution < 1.29 is 14.8 Å². The summed E-state index contributed by atoms with van der Waals surface area (Å²) >= 11 is 0. The fourth-order valence-corrected chi connectivity index (χ4v) is 1.80. The number of hydrogen-bond donors (Lipinski definition) is 3. The van der Waals surface area contributed by atoms with Crippen molar-refractivity contribution >= 4 is 37.4 Å². The number of nitrogens with one attached hydrogen (secondary N) is 2. The quantitative estimate of drug-likeness (QED) is 0.250. The number of amides is 2. The number of nitrogens with zero attached hydrogens (tertiary/aromatic N) is 1. The van der Waals surface area contributed by atoms with Crippen molar-refractivity contribution in [1.29, 1.82) is 0 Å². The minimum atomic E-state index is -0.655. The molecule has 0 saturated carbocycles. The highest BCUT2D eigenvalue weighted by Crippen LogP contribution is 2.07. The Labute approximate surface area is 140 Å². The fourth-order valence-electron chi connectivity index (χ4n) is 1.80. The Balaban J connectivity index is 2.00. The van der Waals surface area contributed by atoms with Gasteiger partial charge in [-0.15, -0.1) is 0 Å². The summed E-state index contributed by atoms with van der Waals surface area (Å²) in [6, 6.07) is 13.6. The van der Waals surface area contributed by atoms with Gasteiger partial charge in [-0.2, -0.15) is 5.10 Å². The van der Waals surface area contributed by atoms with E-state index in [9.17, 15) is 9.59 Å². The minimum Gasteiger partial charge on any atom is -0.288 e. The number of hydrazone groups is 1. The zero-order valence-electron chi connectivity index (χ0n) is 12.6. The molecule has 0 bridgehead atoms. The average molecular weight is 319 g/mol. The molecule has 0 saturated heterocycles. The summed E-state index contributed by atoms with van der Waals surface area (Å²) in [6.45, 7) is 0. The topological polar surface area (TPSA) is 90.8 Å². The Hall–Kier alpha value is -3.19. The molecule has 6 nitrogen and oxygen atoms in total. The van der Waals surface area contributed by atoms with Gasteiger partial charge in [0.25, 0.3) is 11.8 Å². The molecule has 0 spiro atoms. The maximum absolute atomic E-state index is 12.0. The summed E-state index contributed by atoms with van der Waals surface area (Å²) in [5.74, 6) is -1.04. The summed E-state index contributed by atoms with van der Waals surface area (Å²) in [5.41, 5.74) is 6.38. The highest BCUT2D eigenvalue weighted by molar-refractivity contribution is 6.32. The lowest BCUT2D eigenvalue weighted by atomic mass is 9.96. The Bertz CT molecular complexity index is 786. The van der Waals surface area contributed by atoms with Crippen LogP contribution in [0.5, 0.6) is 0 Å². The van der Waals surface area contributed by atoms with Crippen LogP contribution in [0, 0.1) is 0 Å². The van der Waals surface area contributed by atoms with Crippen LogP contribution in [0.4, 0.5) is 0 Å². The fraction of sp³-hybridized carbons (Fsp3) is 0. The van der Waals surface area contributed by atoms with Crippen LogP contribution >= 0.6 is 0 Å². The molecule has 2 aromatic rings. The zero-order valence-corrected chi connectivity index (χ0v) is 12.6. The Morgan fingerprint density at radius 1 is 1.08 bits per heavy atom. The molecule has 2 rings (SSSR count). The number of rotatable bonds is 5. The van der Waals surface area contributed by atoms with Gasteiger partial charge in [0.15, 0.2) is 0 Å². The molecule has 2 amide bonds. The summed E-state index contributed by atoms with van der Waals surface area (Å²) in [4.78, 5) is 23.0. The maximum atomic E-state index is 12.0. The number of benzene rings is 2. The normalized spacial score (nSPS) is 10.9. The second kappa shape index (κ2) is 8.45.